The van der Waals surface area contributed by atoms with Crippen LogP contribution in [-0.2, 0) is 15.1 Å². The summed E-state index contributed by atoms with van der Waals surface area (Å²) in [5.41, 5.74) is 2.62. The Balaban J connectivity index is 1.78. The van der Waals surface area contributed by atoms with Gasteiger partial charge in [-0.2, -0.15) is 0 Å². The summed E-state index contributed by atoms with van der Waals surface area (Å²) in [5.74, 6) is 1.26. The van der Waals surface area contributed by atoms with Gasteiger partial charge in [0.05, 0.1) is 5.41 Å². The summed E-state index contributed by atoms with van der Waals surface area (Å²) in [7, 11) is 0. The summed E-state index contributed by atoms with van der Waals surface area (Å²) in [5, 5.41) is 0. The summed E-state index contributed by atoms with van der Waals surface area (Å²) in [6.45, 7) is 0. The maximum atomic E-state index is 12.7. The van der Waals surface area contributed by atoms with E-state index in [0.29, 0.717) is 12.2 Å². The van der Waals surface area contributed by atoms with Crippen LogP contribution < -0.4 is 0 Å². The fourth-order valence-corrected chi connectivity index (χ4v) is 4.82. The first-order chi connectivity index (χ1) is 11.8. The van der Waals surface area contributed by atoms with Gasteiger partial charge in [-0.3, -0.25) is 4.79 Å². The number of fused-ring (bicyclic) bond motifs is 1. The highest BCUT2D eigenvalue weighted by molar-refractivity contribution is 5.99. The third-order valence-electron chi connectivity index (χ3n) is 5.90. The Hall–Kier alpha value is -2.35. The molecule has 2 aromatic carbocycles. The van der Waals surface area contributed by atoms with E-state index in [1.807, 2.05) is 12.1 Å². The second-order valence-electron chi connectivity index (χ2n) is 7.17. The summed E-state index contributed by atoms with van der Waals surface area (Å²) in [6, 6.07) is 20.9. The van der Waals surface area contributed by atoms with E-state index < -0.39 is 5.60 Å². The van der Waals surface area contributed by atoms with E-state index >= 15 is 0 Å². The highest BCUT2D eigenvalue weighted by atomic mass is 16.5. The standard InChI is InChI=1S/C22H20O2/c23-18-12-7-13-19-20(18)21(14-15-21)22(24-19,16-8-3-1-4-9-16)17-10-5-2-6-11-17/h1-6,8-11H,7,12-15H2. The summed E-state index contributed by atoms with van der Waals surface area (Å²) >= 11 is 0. The van der Waals surface area contributed by atoms with Crippen molar-refractivity contribution in [1.29, 1.82) is 0 Å². The Morgan fingerprint density at radius 3 is 1.92 bits per heavy atom. The maximum absolute atomic E-state index is 12.7. The number of carbonyl (C=O) groups is 1. The molecule has 1 heterocycles. The second-order valence-corrected chi connectivity index (χ2v) is 7.17. The smallest absolute Gasteiger partial charge is 0.168 e. The van der Waals surface area contributed by atoms with Crippen molar-refractivity contribution < 1.29 is 9.53 Å². The fourth-order valence-electron chi connectivity index (χ4n) is 4.82. The molecule has 2 aliphatic carbocycles. The molecule has 1 saturated carbocycles. The van der Waals surface area contributed by atoms with E-state index in [2.05, 4.69) is 48.5 Å². The van der Waals surface area contributed by atoms with Crippen LogP contribution in [0.5, 0.6) is 0 Å². The van der Waals surface area contributed by atoms with Crippen LogP contribution in [0.4, 0.5) is 0 Å². The molecule has 24 heavy (non-hydrogen) atoms. The number of Topliss-reactive ketones (excluding diaryl/α,β-unsaturated/α-hetero) is 1. The molecular formula is C22H20O2. The largest absolute Gasteiger partial charge is 0.481 e. The molecule has 1 spiro atoms. The van der Waals surface area contributed by atoms with Gasteiger partial charge in [-0.05, 0) is 19.3 Å². The van der Waals surface area contributed by atoms with Crippen LogP contribution in [0.15, 0.2) is 72.0 Å². The Labute approximate surface area is 142 Å². The second kappa shape index (κ2) is 4.83. The SMILES string of the molecule is O=C1CCCC2=C1C1(CC1)C(c1ccccc1)(c1ccccc1)O2. The fraction of sp³-hybridized carbons (Fsp3) is 0.318. The van der Waals surface area contributed by atoms with Crippen LogP contribution >= 0.6 is 0 Å². The molecule has 2 heteroatoms. The molecule has 0 N–H and O–H groups in total. The highest BCUT2D eigenvalue weighted by Gasteiger charge is 2.70. The first kappa shape index (κ1) is 14.0. The van der Waals surface area contributed by atoms with Crippen molar-refractivity contribution in [1.82, 2.24) is 0 Å². The number of hydrogen-bond acceptors (Lipinski definition) is 2. The van der Waals surface area contributed by atoms with Gasteiger partial charge in [-0.25, -0.2) is 0 Å². The minimum Gasteiger partial charge on any atom is -0.481 e. The number of allylic oxidation sites excluding steroid dienone is 1. The first-order valence-electron chi connectivity index (χ1n) is 8.85. The van der Waals surface area contributed by atoms with Crippen LogP contribution in [0, 0.1) is 5.41 Å². The molecule has 5 rings (SSSR count). The van der Waals surface area contributed by atoms with Gasteiger partial charge in [0.2, 0.25) is 0 Å². The zero-order chi connectivity index (χ0) is 16.2. The first-order valence-corrected chi connectivity index (χ1v) is 8.85. The molecule has 0 saturated heterocycles. The Morgan fingerprint density at radius 1 is 0.792 bits per heavy atom. The van der Waals surface area contributed by atoms with Crippen LogP contribution in [0.3, 0.4) is 0 Å². The maximum Gasteiger partial charge on any atom is 0.168 e. The van der Waals surface area contributed by atoms with E-state index in [1.54, 1.807) is 0 Å². The van der Waals surface area contributed by atoms with Crippen molar-refractivity contribution >= 4 is 5.78 Å². The van der Waals surface area contributed by atoms with E-state index in [1.165, 1.54) is 0 Å². The molecule has 0 radical (unpaired) electrons. The van der Waals surface area contributed by atoms with Crippen LogP contribution in [0.2, 0.25) is 0 Å². The topological polar surface area (TPSA) is 26.3 Å². The Morgan fingerprint density at radius 2 is 1.38 bits per heavy atom. The van der Waals surface area contributed by atoms with Crippen molar-refractivity contribution in [2.24, 2.45) is 5.41 Å². The Bertz CT molecular complexity index is 789. The number of hydrogen-bond donors (Lipinski definition) is 0. The third-order valence-corrected chi connectivity index (χ3v) is 5.90. The average Bonchev–Trinajstić information content (AvgIpc) is 3.36. The van der Waals surface area contributed by atoms with Gasteiger partial charge >= 0.3 is 0 Å². The zero-order valence-electron chi connectivity index (χ0n) is 13.6. The number of benzene rings is 2. The van der Waals surface area contributed by atoms with Crippen molar-refractivity contribution in [3.05, 3.63) is 83.1 Å². The van der Waals surface area contributed by atoms with E-state index in [4.69, 9.17) is 4.74 Å². The van der Waals surface area contributed by atoms with Gasteiger partial charge in [0, 0.05) is 29.5 Å². The monoisotopic (exact) mass is 316 g/mol. The Kier molecular flexibility index (Phi) is 2.82. The molecule has 0 atom stereocenters. The lowest BCUT2D eigenvalue weighted by Gasteiger charge is -2.37. The number of ether oxygens (including phenoxy) is 1. The summed E-state index contributed by atoms with van der Waals surface area (Å²) in [6.07, 6.45) is 4.53. The number of ketones is 1. The summed E-state index contributed by atoms with van der Waals surface area (Å²) < 4.78 is 6.73. The summed E-state index contributed by atoms with van der Waals surface area (Å²) in [4.78, 5) is 12.7. The number of rotatable bonds is 2. The molecule has 3 aliphatic rings. The minimum absolute atomic E-state index is 0.164. The van der Waals surface area contributed by atoms with Gasteiger partial charge in [-0.15, -0.1) is 0 Å². The van der Waals surface area contributed by atoms with Gasteiger partial charge in [0.15, 0.2) is 11.4 Å². The molecule has 0 bridgehead atoms. The lowest BCUT2D eigenvalue weighted by molar-refractivity contribution is -0.116. The van der Waals surface area contributed by atoms with E-state index in [-0.39, 0.29) is 5.41 Å². The molecule has 2 nitrogen and oxygen atoms in total. The molecule has 1 fully saturated rings. The molecule has 0 unspecified atom stereocenters. The molecule has 1 aliphatic heterocycles. The minimum atomic E-state index is -0.541. The number of carbonyl (C=O) groups excluding carboxylic acids is 1. The van der Waals surface area contributed by atoms with Crippen LogP contribution in [-0.4, -0.2) is 5.78 Å². The third kappa shape index (κ3) is 1.64. The van der Waals surface area contributed by atoms with E-state index in [0.717, 1.165) is 48.1 Å². The normalized spacial score (nSPS) is 23.1. The predicted octanol–water partition coefficient (Wildman–Crippen LogP) is 4.75. The highest BCUT2D eigenvalue weighted by Crippen LogP contribution is 2.72. The molecule has 0 amide bonds. The van der Waals surface area contributed by atoms with Crippen LogP contribution in [0.25, 0.3) is 0 Å². The lowest BCUT2D eigenvalue weighted by Crippen LogP contribution is -2.38. The molecule has 120 valence electrons. The van der Waals surface area contributed by atoms with Gasteiger partial charge in [0.25, 0.3) is 0 Å². The van der Waals surface area contributed by atoms with Crippen molar-refractivity contribution in [3.8, 4) is 0 Å². The van der Waals surface area contributed by atoms with Crippen molar-refractivity contribution in [2.45, 2.75) is 37.7 Å². The predicted molar refractivity (Wildman–Crippen MR) is 92.3 cm³/mol. The van der Waals surface area contributed by atoms with Gasteiger partial charge < -0.3 is 4.74 Å². The van der Waals surface area contributed by atoms with Gasteiger partial charge in [0.1, 0.15) is 5.76 Å². The average molecular weight is 316 g/mol. The molecule has 2 aromatic rings. The van der Waals surface area contributed by atoms with Crippen LogP contribution in [0.1, 0.15) is 43.2 Å². The zero-order valence-corrected chi connectivity index (χ0v) is 13.6. The van der Waals surface area contributed by atoms with E-state index in [9.17, 15) is 4.79 Å². The molecule has 0 aromatic heterocycles. The molecular weight excluding hydrogens is 296 g/mol. The van der Waals surface area contributed by atoms with Crippen molar-refractivity contribution in [2.75, 3.05) is 0 Å². The van der Waals surface area contributed by atoms with Crippen molar-refractivity contribution in [3.63, 3.8) is 0 Å². The van der Waals surface area contributed by atoms with Gasteiger partial charge in [-0.1, -0.05) is 60.7 Å². The lowest BCUT2D eigenvalue weighted by atomic mass is 9.69. The quantitative estimate of drug-likeness (QED) is 0.799.